The molecule has 9 heavy (non-hydrogen) atoms. The summed E-state index contributed by atoms with van der Waals surface area (Å²) in [6.07, 6.45) is 3.80. The number of aliphatic hydroxyl groups excluding tert-OH is 1. The lowest BCUT2D eigenvalue weighted by Gasteiger charge is -2.21. The number of aliphatic hydroxyl groups is 1. The number of hydrogen-bond donors (Lipinski definition) is 1. The summed E-state index contributed by atoms with van der Waals surface area (Å²) in [7, 11) is 0. The Morgan fingerprint density at radius 3 is 2.67 bits per heavy atom. The standard InChI is InChI=1S/C8H14O/c1-5-2-6-4-7(6)8(9)3-5/h5-9H,2-4H2,1H3. The third-order valence-corrected chi connectivity index (χ3v) is 2.82. The zero-order valence-electron chi connectivity index (χ0n) is 5.88. The van der Waals surface area contributed by atoms with Gasteiger partial charge in [-0.2, -0.15) is 0 Å². The molecule has 0 aliphatic heterocycles. The lowest BCUT2D eigenvalue weighted by molar-refractivity contribution is 0.0934. The van der Waals surface area contributed by atoms with Crippen LogP contribution in [0.3, 0.4) is 0 Å². The average molecular weight is 126 g/mol. The average Bonchev–Trinajstić information content (AvgIpc) is 2.43. The molecule has 0 aromatic rings. The number of hydrogen-bond acceptors (Lipinski definition) is 1. The van der Waals surface area contributed by atoms with Crippen LogP contribution in [0, 0.1) is 17.8 Å². The van der Waals surface area contributed by atoms with Gasteiger partial charge in [-0.3, -0.25) is 0 Å². The summed E-state index contributed by atoms with van der Waals surface area (Å²) in [5.41, 5.74) is 0. The van der Waals surface area contributed by atoms with Crippen LogP contribution in [0.5, 0.6) is 0 Å². The van der Waals surface area contributed by atoms with Crippen LogP contribution in [-0.4, -0.2) is 11.2 Å². The highest BCUT2D eigenvalue weighted by Crippen LogP contribution is 2.51. The summed E-state index contributed by atoms with van der Waals surface area (Å²) in [5, 5.41) is 9.39. The Morgan fingerprint density at radius 1 is 1.22 bits per heavy atom. The van der Waals surface area contributed by atoms with Crippen LogP contribution < -0.4 is 0 Å². The fourth-order valence-electron chi connectivity index (χ4n) is 2.21. The Balaban J connectivity index is 1.99. The van der Waals surface area contributed by atoms with Gasteiger partial charge in [0.25, 0.3) is 0 Å². The molecule has 0 amide bonds. The van der Waals surface area contributed by atoms with Gasteiger partial charge in [0.05, 0.1) is 6.10 Å². The van der Waals surface area contributed by atoms with Crippen molar-refractivity contribution in [3.8, 4) is 0 Å². The van der Waals surface area contributed by atoms with Gasteiger partial charge < -0.3 is 5.11 Å². The SMILES string of the molecule is CC1CC(O)C2CC2C1. The van der Waals surface area contributed by atoms with Gasteiger partial charge in [0.1, 0.15) is 0 Å². The van der Waals surface area contributed by atoms with Crippen molar-refractivity contribution in [3.05, 3.63) is 0 Å². The summed E-state index contributed by atoms with van der Waals surface area (Å²) >= 11 is 0. The largest absolute Gasteiger partial charge is 0.393 e. The summed E-state index contributed by atoms with van der Waals surface area (Å²) in [4.78, 5) is 0. The Labute approximate surface area is 56.1 Å². The van der Waals surface area contributed by atoms with E-state index in [1.54, 1.807) is 0 Å². The molecule has 0 aromatic heterocycles. The molecular formula is C8H14O. The molecule has 0 spiro atoms. The maximum absolute atomic E-state index is 9.39. The van der Waals surface area contributed by atoms with Crippen LogP contribution in [0.15, 0.2) is 0 Å². The first-order valence-electron chi connectivity index (χ1n) is 3.95. The summed E-state index contributed by atoms with van der Waals surface area (Å²) in [5.74, 6) is 2.40. The van der Waals surface area contributed by atoms with E-state index in [1.165, 1.54) is 12.8 Å². The summed E-state index contributed by atoms with van der Waals surface area (Å²) in [6, 6.07) is 0. The minimum absolute atomic E-state index is 0.0544. The van der Waals surface area contributed by atoms with E-state index < -0.39 is 0 Å². The van der Waals surface area contributed by atoms with E-state index in [1.807, 2.05) is 0 Å². The van der Waals surface area contributed by atoms with Crippen molar-refractivity contribution in [3.63, 3.8) is 0 Å². The number of fused-ring (bicyclic) bond motifs is 1. The van der Waals surface area contributed by atoms with Crippen molar-refractivity contribution >= 4 is 0 Å². The summed E-state index contributed by atoms with van der Waals surface area (Å²) in [6.45, 7) is 2.25. The van der Waals surface area contributed by atoms with Gasteiger partial charge in [0.2, 0.25) is 0 Å². The molecule has 2 fully saturated rings. The topological polar surface area (TPSA) is 20.2 Å². The predicted octanol–water partition coefficient (Wildman–Crippen LogP) is 1.41. The molecule has 4 unspecified atom stereocenters. The Hall–Kier alpha value is -0.0400. The van der Waals surface area contributed by atoms with Crippen LogP contribution in [0.25, 0.3) is 0 Å². The third-order valence-electron chi connectivity index (χ3n) is 2.82. The van der Waals surface area contributed by atoms with Gasteiger partial charge in [-0.25, -0.2) is 0 Å². The smallest absolute Gasteiger partial charge is 0.0573 e. The third kappa shape index (κ3) is 0.877. The van der Waals surface area contributed by atoms with E-state index in [0.29, 0.717) is 5.92 Å². The highest BCUT2D eigenvalue weighted by atomic mass is 16.3. The van der Waals surface area contributed by atoms with E-state index in [9.17, 15) is 5.11 Å². The van der Waals surface area contributed by atoms with E-state index in [-0.39, 0.29) is 6.10 Å². The van der Waals surface area contributed by atoms with Gasteiger partial charge in [0.15, 0.2) is 0 Å². The van der Waals surface area contributed by atoms with Crippen molar-refractivity contribution in [1.29, 1.82) is 0 Å². The van der Waals surface area contributed by atoms with Gasteiger partial charge >= 0.3 is 0 Å². The van der Waals surface area contributed by atoms with Crippen LogP contribution in [0.4, 0.5) is 0 Å². The molecule has 1 heteroatoms. The predicted molar refractivity (Wildman–Crippen MR) is 36.0 cm³/mol. The molecule has 2 rings (SSSR count). The Bertz CT molecular complexity index is 122. The highest BCUT2D eigenvalue weighted by Gasteiger charge is 2.46. The van der Waals surface area contributed by atoms with Crippen LogP contribution in [0.1, 0.15) is 26.2 Å². The monoisotopic (exact) mass is 126 g/mol. The van der Waals surface area contributed by atoms with Gasteiger partial charge in [-0.15, -0.1) is 0 Å². The zero-order valence-corrected chi connectivity index (χ0v) is 5.88. The second kappa shape index (κ2) is 1.72. The molecule has 0 saturated heterocycles. The first-order chi connectivity index (χ1) is 4.27. The van der Waals surface area contributed by atoms with Crippen LogP contribution >= 0.6 is 0 Å². The van der Waals surface area contributed by atoms with Crippen molar-refractivity contribution in [2.24, 2.45) is 17.8 Å². The Morgan fingerprint density at radius 2 is 2.00 bits per heavy atom. The normalized spacial score (nSPS) is 56.7. The van der Waals surface area contributed by atoms with E-state index in [4.69, 9.17) is 0 Å². The number of rotatable bonds is 0. The maximum atomic E-state index is 9.39. The van der Waals surface area contributed by atoms with E-state index in [2.05, 4.69) is 6.92 Å². The highest BCUT2D eigenvalue weighted by molar-refractivity contribution is 4.96. The molecule has 0 aromatic carbocycles. The maximum Gasteiger partial charge on any atom is 0.0573 e. The molecule has 2 aliphatic carbocycles. The van der Waals surface area contributed by atoms with Crippen molar-refractivity contribution in [2.75, 3.05) is 0 Å². The van der Waals surface area contributed by atoms with Gasteiger partial charge in [-0.05, 0) is 37.0 Å². The molecule has 4 atom stereocenters. The molecule has 2 saturated carbocycles. The first-order valence-corrected chi connectivity index (χ1v) is 3.95. The molecule has 52 valence electrons. The second-order valence-corrected chi connectivity index (χ2v) is 3.80. The summed E-state index contributed by atoms with van der Waals surface area (Å²) < 4.78 is 0. The minimum atomic E-state index is 0.0544. The lowest BCUT2D eigenvalue weighted by atomic mass is 9.89. The fourth-order valence-corrected chi connectivity index (χ4v) is 2.21. The van der Waals surface area contributed by atoms with E-state index in [0.717, 1.165) is 18.3 Å². The quantitative estimate of drug-likeness (QED) is 0.520. The molecule has 1 N–H and O–H groups in total. The van der Waals surface area contributed by atoms with Crippen molar-refractivity contribution in [2.45, 2.75) is 32.3 Å². The van der Waals surface area contributed by atoms with Gasteiger partial charge in [-0.1, -0.05) is 6.92 Å². The van der Waals surface area contributed by atoms with Crippen LogP contribution in [-0.2, 0) is 0 Å². The molecule has 1 nitrogen and oxygen atoms in total. The minimum Gasteiger partial charge on any atom is -0.393 e. The second-order valence-electron chi connectivity index (χ2n) is 3.80. The fraction of sp³-hybridized carbons (Fsp3) is 1.00. The first kappa shape index (κ1) is 5.72. The zero-order chi connectivity index (χ0) is 6.43. The molecule has 0 radical (unpaired) electrons. The van der Waals surface area contributed by atoms with Crippen molar-refractivity contribution in [1.82, 2.24) is 0 Å². The van der Waals surface area contributed by atoms with Gasteiger partial charge in [0, 0.05) is 0 Å². The van der Waals surface area contributed by atoms with Crippen molar-refractivity contribution < 1.29 is 5.11 Å². The molecule has 0 heterocycles. The van der Waals surface area contributed by atoms with Crippen LogP contribution in [0.2, 0.25) is 0 Å². The molecular weight excluding hydrogens is 112 g/mol. The lowest BCUT2D eigenvalue weighted by Crippen LogP contribution is -2.20. The molecule has 0 bridgehead atoms. The molecule has 2 aliphatic rings. The Kier molecular flexibility index (Phi) is 1.10. The van der Waals surface area contributed by atoms with E-state index >= 15 is 0 Å².